The number of para-hydroxylation sites is 2. The van der Waals surface area contributed by atoms with Crippen LogP contribution in [0.25, 0.3) is 0 Å². The number of rotatable bonds is 5. The lowest BCUT2D eigenvalue weighted by Gasteiger charge is -2.07. The number of hydrogen-bond acceptors (Lipinski definition) is 5. The molecule has 0 atom stereocenters. The summed E-state index contributed by atoms with van der Waals surface area (Å²) in [4.78, 5) is 11.8. The van der Waals surface area contributed by atoms with E-state index in [1.807, 2.05) is 0 Å². The second kappa shape index (κ2) is 6.06. The molecule has 1 heterocycles. The van der Waals surface area contributed by atoms with Crippen molar-refractivity contribution in [3.8, 4) is 0 Å². The molecule has 1 aromatic carbocycles. The Kier molecular flexibility index (Phi) is 4.41. The largest absolute Gasteiger partial charge is 0.397 e. The topological polar surface area (TPSA) is 89.3 Å². The smallest absolute Gasteiger partial charge is 0.225 e. The van der Waals surface area contributed by atoms with Gasteiger partial charge in [-0.05, 0) is 23.6 Å². The average molecular weight is 310 g/mol. The lowest BCUT2D eigenvalue weighted by Crippen LogP contribution is -2.17. The van der Waals surface area contributed by atoms with E-state index in [0.717, 1.165) is 11.3 Å². The lowest BCUT2D eigenvalue weighted by molar-refractivity contribution is -0.115. The van der Waals surface area contributed by atoms with Crippen LogP contribution in [0, 0.1) is 0 Å². The van der Waals surface area contributed by atoms with Crippen molar-refractivity contribution in [2.75, 3.05) is 16.8 Å². The van der Waals surface area contributed by atoms with Gasteiger partial charge in [-0.25, -0.2) is 8.42 Å². The van der Waals surface area contributed by atoms with Crippen molar-refractivity contribution in [2.45, 2.75) is 10.6 Å². The third-order valence-corrected chi connectivity index (χ3v) is 5.84. The number of sulfone groups is 1. The Morgan fingerprint density at radius 1 is 1.20 bits per heavy atom. The van der Waals surface area contributed by atoms with Gasteiger partial charge in [0, 0.05) is 6.42 Å². The maximum absolute atomic E-state index is 11.9. The Hall–Kier alpha value is -1.86. The van der Waals surface area contributed by atoms with E-state index in [2.05, 4.69) is 5.32 Å². The van der Waals surface area contributed by atoms with Gasteiger partial charge in [0.15, 0.2) is 9.84 Å². The highest BCUT2D eigenvalue weighted by Crippen LogP contribution is 2.19. The van der Waals surface area contributed by atoms with Crippen LogP contribution in [-0.4, -0.2) is 20.1 Å². The highest BCUT2D eigenvalue weighted by atomic mass is 32.2. The Morgan fingerprint density at radius 2 is 1.95 bits per heavy atom. The van der Waals surface area contributed by atoms with Crippen molar-refractivity contribution in [1.82, 2.24) is 0 Å². The monoisotopic (exact) mass is 310 g/mol. The van der Waals surface area contributed by atoms with Gasteiger partial charge in [-0.1, -0.05) is 18.2 Å². The van der Waals surface area contributed by atoms with E-state index >= 15 is 0 Å². The van der Waals surface area contributed by atoms with Gasteiger partial charge in [-0.15, -0.1) is 11.3 Å². The predicted molar refractivity (Wildman–Crippen MR) is 80.5 cm³/mol. The van der Waals surface area contributed by atoms with Crippen molar-refractivity contribution in [1.29, 1.82) is 0 Å². The fourth-order valence-corrected chi connectivity index (χ4v) is 3.98. The number of nitrogens with two attached hydrogens (primary N) is 1. The minimum Gasteiger partial charge on any atom is -0.397 e. The van der Waals surface area contributed by atoms with E-state index in [0.29, 0.717) is 11.4 Å². The van der Waals surface area contributed by atoms with Crippen molar-refractivity contribution >= 4 is 38.5 Å². The van der Waals surface area contributed by atoms with E-state index in [4.69, 9.17) is 5.73 Å². The molecule has 106 valence electrons. The molecule has 0 saturated heterocycles. The molecule has 0 fully saturated rings. The molecule has 0 aliphatic carbocycles. The molecule has 0 aliphatic rings. The van der Waals surface area contributed by atoms with Gasteiger partial charge in [0.2, 0.25) is 5.91 Å². The summed E-state index contributed by atoms with van der Waals surface area (Å²) in [7, 11) is -3.39. The summed E-state index contributed by atoms with van der Waals surface area (Å²) in [6.07, 6.45) is -0.103. The van der Waals surface area contributed by atoms with Gasteiger partial charge >= 0.3 is 0 Å². The van der Waals surface area contributed by atoms with Crippen LogP contribution in [0.15, 0.2) is 46.0 Å². The first-order chi connectivity index (χ1) is 9.49. The molecular weight excluding hydrogens is 296 g/mol. The third kappa shape index (κ3) is 3.58. The first-order valence-electron chi connectivity index (χ1n) is 5.90. The Bertz CT molecular complexity index is 694. The Balaban J connectivity index is 1.95. The highest BCUT2D eigenvalue weighted by Gasteiger charge is 2.17. The van der Waals surface area contributed by atoms with Gasteiger partial charge in [0.1, 0.15) is 4.21 Å². The van der Waals surface area contributed by atoms with Crippen LogP contribution < -0.4 is 11.1 Å². The highest BCUT2D eigenvalue weighted by molar-refractivity contribution is 7.93. The molecule has 20 heavy (non-hydrogen) atoms. The molecule has 0 radical (unpaired) electrons. The van der Waals surface area contributed by atoms with Crippen LogP contribution in [0.3, 0.4) is 0 Å². The Morgan fingerprint density at radius 3 is 2.60 bits per heavy atom. The SMILES string of the molecule is Nc1ccccc1NC(=O)CCS(=O)(=O)c1cccs1. The van der Waals surface area contributed by atoms with E-state index < -0.39 is 9.84 Å². The molecule has 0 saturated carbocycles. The van der Waals surface area contributed by atoms with Crippen molar-refractivity contribution in [3.63, 3.8) is 0 Å². The molecule has 2 rings (SSSR count). The van der Waals surface area contributed by atoms with E-state index in [1.165, 1.54) is 6.07 Å². The van der Waals surface area contributed by atoms with Crippen molar-refractivity contribution in [3.05, 3.63) is 41.8 Å². The fraction of sp³-hybridized carbons (Fsp3) is 0.154. The number of nitrogens with one attached hydrogen (secondary N) is 1. The third-order valence-electron chi connectivity index (χ3n) is 2.63. The first-order valence-corrected chi connectivity index (χ1v) is 8.43. The predicted octanol–water partition coefficient (Wildman–Crippen LogP) is 2.13. The van der Waals surface area contributed by atoms with Gasteiger partial charge in [-0.2, -0.15) is 0 Å². The zero-order valence-electron chi connectivity index (χ0n) is 10.6. The number of hydrogen-bond donors (Lipinski definition) is 2. The summed E-state index contributed by atoms with van der Waals surface area (Å²) in [5.41, 5.74) is 6.63. The molecule has 1 aromatic heterocycles. The summed E-state index contributed by atoms with van der Waals surface area (Å²) in [5, 5.41) is 4.30. The molecule has 0 spiro atoms. The normalized spacial score (nSPS) is 11.2. The number of benzene rings is 1. The number of anilines is 2. The number of amides is 1. The maximum Gasteiger partial charge on any atom is 0.225 e. The molecule has 2 aromatic rings. The summed E-state index contributed by atoms with van der Waals surface area (Å²) >= 11 is 1.15. The van der Waals surface area contributed by atoms with Crippen LogP contribution in [0.4, 0.5) is 11.4 Å². The minimum absolute atomic E-state index is 0.103. The lowest BCUT2D eigenvalue weighted by atomic mass is 10.2. The average Bonchev–Trinajstić information content (AvgIpc) is 2.94. The van der Waals surface area contributed by atoms with Crippen LogP contribution in [0.5, 0.6) is 0 Å². The number of carbonyl (C=O) groups excluding carboxylic acids is 1. The standard InChI is InChI=1S/C13H14N2O3S2/c14-10-4-1-2-5-11(10)15-12(16)7-9-20(17,18)13-6-3-8-19-13/h1-6,8H,7,9,14H2,(H,15,16). The van der Waals surface area contributed by atoms with E-state index in [-0.39, 0.29) is 22.3 Å². The molecule has 0 bridgehead atoms. The molecule has 5 nitrogen and oxygen atoms in total. The van der Waals surface area contributed by atoms with Crippen molar-refractivity contribution < 1.29 is 13.2 Å². The van der Waals surface area contributed by atoms with Crippen LogP contribution in [-0.2, 0) is 14.6 Å². The Labute approximate surface area is 121 Å². The van der Waals surface area contributed by atoms with Crippen LogP contribution in [0.2, 0.25) is 0 Å². The van der Waals surface area contributed by atoms with E-state index in [9.17, 15) is 13.2 Å². The number of carbonyl (C=O) groups is 1. The molecule has 3 N–H and O–H groups in total. The number of thiophene rings is 1. The van der Waals surface area contributed by atoms with Gasteiger partial charge < -0.3 is 11.1 Å². The zero-order chi connectivity index (χ0) is 14.6. The first kappa shape index (κ1) is 14.5. The van der Waals surface area contributed by atoms with Crippen LogP contribution >= 0.6 is 11.3 Å². The van der Waals surface area contributed by atoms with Gasteiger partial charge in [0.25, 0.3) is 0 Å². The summed E-state index contributed by atoms with van der Waals surface area (Å²) in [5.74, 6) is -0.588. The van der Waals surface area contributed by atoms with Crippen LogP contribution in [0.1, 0.15) is 6.42 Å². The molecular formula is C13H14N2O3S2. The maximum atomic E-state index is 11.9. The van der Waals surface area contributed by atoms with Crippen molar-refractivity contribution in [2.24, 2.45) is 0 Å². The molecule has 0 unspecified atom stereocenters. The molecule has 1 amide bonds. The summed E-state index contributed by atoms with van der Waals surface area (Å²) in [6, 6.07) is 10.0. The second-order valence-corrected chi connectivity index (χ2v) is 7.42. The zero-order valence-corrected chi connectivity index (χ0v) is 12.2. The fourth-order valence-electron chi connectivity index (χ4n) is 1.59. The van der Waals surface area contributed by atoms with Gasteiger partial charge in [0.05, 0.1) is 17.1 Å². The van der Waals surface area contributed by atoms with E-state index in [1.54, 1.807) is 35.7 Å². The molecule has 0 aliphatic heterocycles. The summed E-state index contributed by atoms with van der Waals surface area (Å²) in [6.45, 7) is 0. The van der Waals surface area contributed by atoms with Gasteiger partial charge in [-0.3, -0.25) is 4.79 Å². The molecule has 7 heteroatoms. The second-order valence-electron chi connectivity index (χ2n) is 4.14. The summed E-state index contributed by atoms with van der Waals surface area (Å²) < 4.78 is 24.1. The number of nitrogen functional groups attached to an aromatic ring is 1. The minimum atomic E-state index is -3.39. The quantitative estimate of drug-likeness (QED) is 0.828.